The van der Waals surface area contributed by atoms with Crippen LogP contribution in [0, 0.1) is 11.3 Å². The van der Waals surface area contributed by atoms with Gasteiger partial charge in [0.25, 0.3) is 0 Å². The van der Waals surface area contributed by atoms with Crippen molar-refractivity contribution in [2.45, 2.75) is 69.1 Å². The van der Waals surface area contributed by atoms with Crippen LogP contribution < -0.4 is 0 Å². The molecule has 0 N–H and O–H groups in total. The Labute approximate surface area is 208 Å². The number of fused-ring (bicyclic) bond motifs is 2. The monoisotopic (exact) mass is 502 g/mol. The molecule has 2 aliphatic rings. The molecule has 11 nitrogen and oxygen atoms in total. The Morgan fingerprint density at radius 3 is 2.74 bits per heavy atom. The molecule has 2 aliphatic heterocycles. The van der Waals surface area contributed by atoms with Gasteiger partial charge in [0.2, 0.25) is 5.60 Å². The first-order chi connectivity index (χ1) is 16.3. The molecule has 0 amide bonds. The zero-order valence-corrected chi connectivity index (χ0v) is 21.7. The Kier molecular flexibility index (Phi) is 6.56. The summed E-state index contributed by atoms with van der Waals surface area (Å²) in [6.07, 6.45) is 0.881. The van der Waals surface area contributed by atoms with Crippen LogP contribution in [0.15, 0.2) is 23.5 Å². The summed E-state index contributed by atoms with van der Waals surface area (Å²) >= 11 is 1.09. The number of aliphatic imine (C=N–C) groups is 1. The molecule has 0 unspecified atom stereocenters. The SMILES string of the molecule is CN(C)C=Nc1ncnn2c([C@]3(C#N)O[C@H](COC(=O)SC(C)(C)C)[C@H]4OC(C)(C)O[C@H]43)ccc12. The van der Waals surface area contributed by atoms with Crippen LogP contribution in [-0.2, 0) is 24.5 Å². The molecule has 0 spiro atoms. The smallest absolute Gasteiger partial charge is 0.367 e. The lowest BCUT2D eigenvalue weighted by Crippen LogP contribution is -2.40. The summed E-state index contributed by atoms with van der Waals surface area (Å²) in [5, 5.41) is 14.4. The van der Waals surface area contributed by atoms with Crippen molar-refractivity contribution in [1.29, 1.82) is 5.26 Å². The number of ether oxygens (including phenoxy) is 4. The predicted molar refractivity (Wildman–Crippen MR) is 130 cm³/mol. The number of thioether (sulfide) groups is 1. The highest BCUT2D eigenvalue weighted by molar-refractivity contribution is 8.14. The number of rotatable bonds is 5. The summed E-state index contributed by atoms with van der Waals surface area (Å²) in [7, 11) is 3.71. The van der Waals surface area contributed by atoms with E-state index in [1.54, 1.807) is 41.7 Å². The van der Waals surface area contributed by atoms with E-state index in [1.807, 2.05) is 34.9 Å². The molecule has 0 aliphatic carbocycles. The van der Waals surface area contributed by atoms with Gasteiger partial charge in [0.15, 0.2) is 11.6 Å². The van der Waals surface area contributed by atoms with Crippen molar-refractivity contribution < 1.29 is 23.7 Å². The molecule has 12 heteroatoms. The highest BCUT2D eigenvalue weighted by Crippen LogP contribution is 2.49. The Morgan fingerprint density at radius 1 is 1.34 bits per heavy atom. The molecule has 0 radical (unpaired) electrons. The van der Waals surface area contributed by atoms with Gasteiger partial charge in [-0.25, -0.2) is 19.3 Å². The van der Waals surface area contributed by atoms with Gasteiger partial charge in [-0.05, 0) is 37.7 Å². The summed E-state index contributed by atoms with van der Waals surface area (Å²) in [5.41, 5.74) is -0.506. The number of nitriles is 1. The molecule has 2 aromatic heterocycles. The van der Waals surface area contributed by atoms with Gasteiger partial charge in [0, 0.05) is 18.8 Å². The molecule has 0 bridgehead atoms. The second-order valence-electron chi connectivity index (χ2n) is 10.1. The summed E-state index contributed by atoms with van der Waals surface area (Å²) in [5.74, 6) is -0.511. The zero-order chi connectivity index (χ0) is 25.6. The number of carbonyl (C=O) groups excluding carboxylic acids is 1. The van der Waals surface area contributed by atoms with Gasteiger partial charge < -0.3 is 23.8 Å². The second-order valence-corrected chi connectivity index (χ2v) is 11.9. The molecular weight excluding hydrogens is 472 g/mol. The molecule has 2 aromatic rings. The first-order valence-electron chi connectivity index (χ1n) is 11.2. The van der Waals surface area contributed by atoms with Crippen LogP contribution in [0.5, 0.6) is 0 Å². The molecule has 188 valence electrons. The van der Waals surface area contributed by atoms with Crippen LogP contribution in [0.25, 0.3) is 5.52 Å². The van der Waals surface area contributed by atoms with E-state index in [0.717, 1.165) is 11.8 Å². The molecule has 2 saturated heterocycles. The third kappa shape index (κ3) is 4.99. The molecule has 35 heavy (non-hydrogen) atoms. The number of hydrogen-bond acceptors (Lipinski definition) is 10. The summed E-state index contributed by atoms with van der Waals surface area (Å²) in [4.78, 5) is 22.8. The van der Waals surface area contributed by atoms with E-state index < -0.39 is 35.0 Å². The number of carbonyl (C=O) groups is 1. The third-order valence-electron chi connectivity index (χ3n) is 5.38. The van der Waals surface area contributed by atoms with Crippen molar-refractivity contribution in [3.63, 3.8) is 0 Å². The normalized spacial score (nSPS) is 27.8. The third-order valence-corrected chi connectivity index (χ3v) is 6.27. The maximum absolute atomic E-state index is 12.3. The maximum atomic E-state index is 12.3. The largest absolute Gasteiger partial charge is 0.455 e. The van der Waals surface area contributed by atoms with Crippen molar-refractivity contribution in [3.05, 3.63) is 24.2 Å². The fourth-order valence-electron chi connectivity index (χ4n) is 4.13. The lowest BCUT2D eigenvalue weighted by atomic mass is 9.92. The second kappa shape index (κ2) is 9.05. The Hall–Kier alpha value is -2.72. The van der Waals surface area contributed by atoms with E-state index in [4.69, 9.17) is 18.9 Å². The van der Waals surface area contributed by atoms with Crippen LogP contribution in [0.1, 0.15) is 40.3 Å². The Balaban J connectivity index is 1.69. The zero-order valence-electron chi connectivity index (χ0n) is 20.9. The van der Waals surface area contributed by atoms with Gasteiger partial charge in [-0.3, -0.25) is 0 Å². The minimum absolute atomic E-state index is 0.0807. The summed E-state index contributed by atoms with van der Waals surface area (Å²) < 4.78 is 25.4. The standard InChI is InChI=1S/C23H30N6O5S/c1-21(2,3)35-20(30)31-10-15-17-18(34-22(4,5)33-17)23(11-24,32-15)16-9-8-14-19(26-13-28(6)7)25-12-27-29(14)16/h8-9,12-13,15,17-18H,10H2,1-7H3/t15-,17-,18-,23+/m1/s1. The van der Waals surface area contributed by atoms with E-state index in [2.05, 4.69) is 21.1 Å². The van der Waals surface area contributed by atoms with E-state index >= 15 is 0 Å². The first kappa shape index (κ1) is 25.4. The minimum Gasteiger partial charge on any atom is -0.455 e. The first-order valence-corrected chi connectivity index (χ1v) is 12.0. The number of hydrogen-bond donors (Lipinski definition) is 0. The van der Waals surface area contributed by atoms with Crippen LogP contribution in [-0.4, -0.2) is 80.7 Å². The lowest BCUT2D eigenvalue weighted by molar-refractivity contribution is -0.204. The highest BCUT2D eigenvalue weighted by atomic mass is 32.2. The van der Waals surface area contributed by atoms with Crippen molar-refractivity contribution >= 4 is 34.7 Å². The molecule has 4 atom stereocenters. The van der Waals surface area contributed by atoms with Gasteiger partial charge in [0.1, 0.15) is 42.8 Å². The van der Waals surface area contributed by atoms with E-state index in [1.165, 1.54) is 6.33 Å². The van der Waals surface area contributed by atoms with Crippen LogP contribution in [0.3, 0.4) is 0 Å². The topological polar surface area (TPSA) is 124 Å². The lowest BCUT2D eigenvalue weighted by Gasteiger charge is -2.29. The van der Waals surface area contributed by atoms with Crippen molar-refractivity contribution in [2.75, 3.05) is 20.7 Å². The molecule has 0 saturated carbocycles. The number of nitrogens with zero attached hydrogens (tertiary/aromatic N) is 6. The van der Waals surface area contributed by atoms with E-state index in [-0.39, 0.29) is 11.4 Å². The van der Waals surface area contributed by atoms with Gasteiger partial charge >= 0.3 is 5.30 Å². The summed E-state index contributed by atoms with van der Waals surface area (Å²) in [6, 6.07) is 5.83. The van der Waals surface area contributed by atoms with Crippen molar-refractivity contribution in [2.24, 2.45) is 4.99 Å². The quantitative estimate of drug-likeness (QED) is 0.342. The molecule has 0 aromatic carbocycles. The summed E-state index contributed by atoms with van der Waals surface area (Å²) in [6.45, 7) is 9.25. The van der Waals surface area contributed by atoms with Gasteiger partial charge in [-0.2, -0.15) is 10.4 Å². The van der Waals surface area contributed by atoms with Crippen molar-refractivity contribution in [3.8, 4) is 6.07 Å². The van der Waals surface area contributed by atoms with E-state index in [9.17, 15) is 10.1 Å². The molecule has 2 fully saturated rings. The average molecular weight is 503 g/mol. The fourth-order valence-corrected chi connectivity index (χ4v) is 4.76. The van der Waals surface area contributed by atoms with Crippen molar-refractivity contribution in [1.82, 2.24) is 19.5 Å². The Bertz CT molecular complexity index is 1180. The molecule has 4 rings (SSSR count). The van der Waals surface area contributed by atoms with Crippen LogP contribution in [0.4, 0.5) is 10.6 Å². The Morgan fingerprint density at radius 2 is 2.09 bits per heavy atom. The molecular formula is C23H30N6O5S. The minimum atomic E-state index is -1.56. The number of aromatic nitrogens is 3. The van der Waals surface area contributed by atoms with Crippen LogP contribution in [0.2, 0.25) is 0 Å². The van der Waals surface area contributed by atoms with Crippen LogP contribution >= 0.6 is 11.8 Å². The average Bonchev–Trinajstić information content (AvgIpc) is 3.40. The fraction of sp³-hybridized carbons (Fsp3) is 0.609. The van der Waals surface area contributed by atoms with Gasteiger partial charge in [-0.15, -0.1) is 0 Å². The van der Waals surface area contributed by atoms with Gasteiger partial charge in [-0.1, -0.05) is 20.8 Å². The van der Waals surface area contributed by atoms with E-state index in [0.29, 0.717) is 17.0 Å². The van der Waals surface area contributed by atoms with Gasteiger partial charge in [0.05, 0.1) is 12.0 Å². The highest BCUT2D eigenvalue weighted by Gasteiger charge is 2.65. The maximum Gasteiger partial charge on any atom is 0.367 e. The predicted octanol–water partition coefficient (Wildman–Crippen LogP) is 3.26. The molecule has 4 heterocycles.